The van der Waals surface area contributed by atoms with Crippen LogP contribution in [0.25, 0.3) is 0 Å². The molecule has 19 heavy (non-hydrogen) atoms. The fourth-order valence-electron chi connectivity index (χ4n) is 2.97. The maximum Gasteiger partial charge on any atom is 0.208 e. The van der Waals surface area contributed by atoms with Gasteiger partial charge in [-0.25, -0.2) is 4.98 Å². The normalized spacial score (nSPS) is 24.1. The standard InChI is InChI=1S/C15H25N3O/c1-11-12(2)19-15(17-11)10-18(14-5-6-14)9-13-4-3-7-16-8-13/h13-14,16H,3-10H2,1-2H3. The second-order valence-electron chi connectivity index (χ2n) is 6.12. The first-order valence-corrected chi connectivity index (χ1v) is 7.60. The molecule has 1 saturated heterocycles. The van der Waals surface area contributed by atoms with Crippen LogP contribution < -0.4 is 5.32 Å². The minimum absolute atomic E-state index is 0.773. The predicted molar refractivity (Wildman–Crippen MR) is 75.0 cm³/mol. The number of hydrogen-bond acceptors (Lipinski definition) is 4. The monoisotopic (exact) mass is 263 g/mol. The van der Waals surface area contributed by atoms with Gasteiger partial charge in [-0.05, 0) is 58.5 Å². The van der Waals surface area contributed by atoms with Crippen LogP contribution in [0.1, 0.15) is 43.0 Å². The lowest BCUT2D eigenvalue weighted by Crippen LogP contribution is -2.39. The minimum Gasteiger partial charge on any atom is -0.444 e. The van der Waals surface area contributed by atoms with Crippen LogP contribution in [0.2, 0.25) is 0 Å². The maximum atomic E-state index is 5.74. The van der Waals surface area contributed by atoms with Crippen LogP contribution in [-0.2, 0) is 6.54 Å². The molecule has 1 atom stereocenters. The van der Waals surface area contributed by atoms with Crippen molar-refractivity contribution in [3.05, 3.63) is 17.3 Å². The third-order valence-electron chi connectivity index (χ3n) is 4.37. The minimum atomic E-state index is 0.773. The molecule has 1 aromatic heterocycles. The first kappa shape index (κ1) is 13.1. The van der Waals surface area contributed by atoms with Gasteiger partial charge in [0, 0.05) is 12.6 Å². The third kappa shape index (κ3) is 3.37. The number of oxazole rings is 1. The second kappa shape index (κ2) is 5.63. The molecule has 0 aromatic carbocycles. The Kier molecular flexibility index (Phi) is 3.89. The van der Waals surface area contributed by atoms with E-state index < -0.39 is 0 Å². The van der Waals surface area contributed by atoms with Crippen molar-refractivity contribution >= 4 is 0 Å². The molecule has 0 radical (unpaired) electrons. The van der Waals surface area contributed by atoms with Crippen LogP contribution in [0, 0.1) is 19.8 Å². The lowest BCUT2D eigenvalue weighted by molar-refractivity contribution is 0.177. The van der Waals surface area contributed by atoms with E-state index in [1.54, 1.807) is 0 Å². The Morgan fingerprint density at radius 1 is 1.32 bits per heavy atom. The molecule has 1 N–H and O–H groups in total. The van der Waals surface area contributed by atoms with Crippen molar-refractivity contribution in [2.75, 3.05) is 19.6 Å². The topological polar surface area (TPSA) is 41.3 Å². The largest absolute Gasteiger partial charge is 0.444 e. The lowest BCUT2D eigenvalue weighted by Gasteiger charge is -2.29. The zero-order chi connectivity index (χ0) is 13.2. The van der Waals surface area contributed by atoms with Gasteiger partial charge in [0.1, 0.15) is 5.76 Å². The van der Waals surface area contributed by atoms with Gasteiger partial charge in [-0.3, -0.25) is 4.90 Å². The summed E-state index contributed by atoms with van der Waals surface area (Å²) in [5.41, 5.74) is 1.03. The summed E-state index contributed by atoms with van der Waals surface area (Å²) in [7, 11) is 0. The van der Waals surface area contributed by atoms with E-state index in [9.17, 15) is 0 Å². The molecule has 2 heterocycles. The Hall–Kier alpha value is -0.870. The zero-order valence-corrected chi connectivity index (χ0v) is 12.1. The highest BCUT2D eigenvalue weighted by molar-refractivity contribution is 5.05. The molecule has 2 fully saturated rings. The Morgan fingerprint density at radius 3 is 2.74 bits per heavy atom. The number of hydrogen-bond donors (Lipinski definition) is 1. The van der Waals surface area contributed by atoms with Crippen molar-refractivity contribution in [3.63, 3.8) is 0 Å². The molecule has 1 aliphatic heterocycles. The van der Waals surface area contributed by atoms with Crippen molar-refractivity contribution in [1.82, 2.24) is 15.2 Å². The molecule has 1 aliphatic carbocycles. The van der Waals surface area contributed by atoms with Gasteiger partial charge in [0.25, 0.3) is 0 Å². The molecular weight excluding hydrogens is 238 g/mol. The Bertz CT molecular complexity index is 400. The van der Waals surface area contributed by atoms with Crippen LogP contribution >= 0.6 is 0 Å². The van der Waals surface area contributed by atoms with E-state index in [-0.39, 0.29) is 0 Å². The van der Waals surface area contributed by atoms with Crippen molar-refractivity contribution in [3.8, 4) is 0 Å². The van der Waals surface area contributed by atoms with E-state index in [0.717, 1.165) is 35.8 Å². The summed E-state index contributed by atoms with van der Waals surface area (Å²) in [5.74, 6) is 2.65. The number of aromatic nitrogens is 1. The van der Waals surface area contributed by atoms with Gasteiger partial charge in [0.05, 0.1) is 12.2 Å². The summed E-state index contributed by atoms with van der Waals surface area (Å²) in [5, 5.41) is 3.51. The van der Waals surface area contributed by atoms with Crippen LogP contribution in [0.4, 0.5) is 0 Å². The molecule has 4 nitrogen and oxygen atoms in total. The van der Waals surface area contributed by atoms with Gasteiger partial charge in [-0.15, -0.1) is 0 Å². The lowest BCUT2D eigenvalue weighted by atomic mass is 9.99. The van der Waals surface area contributed by atoms with Crippen LogP contribution in [0.5, 0.6) is 0 Å². The SMILES string of the molecule is Cc1nc(CN(CC2CCCNC2)C2CC2)oc1C. The van der Waals surface area contributed by atoms with E-state index in [0.29, 0.717) is 0 Å². The number of aryl methyl sites for hydroxylation is 2. The van der Waals surface area contributed by atoms with E-state index in [2.05, 4.69) is 15.2 Å². The Labute approximate surface area is 115 Å². The summed E-state index contributed by atoms with van der Waals surface area (Å²) >= 11 is 0. The quantitative estimate of drug-likeness (QED) is 0.884. The summed E-state index contributed by atoms with van der Waals surface area (Å²) in [6.07, 6.45) is 5.37. The van der Waals surface area contributed by atoms with Crippen LogP contribution in [-0.4, -0.2) is 35.6 Å². The molecule has 1 saturated carbocycles. The van der Waals surface area contributed by atoms with Crippen molar-refractivity contribution < 1.29 is 4.42 Å². The van der Waals surface area contributed by atoms with E-state index in [4.69, 9.17) is 4.42 Å². The van der Waals surface area contributed by atoms with E-state index in [1.165, 1.54) is 45.3 Å². The number of nitrogens with zero attached hydrogens (tertiary/aromatic N) is 2. The van der Waals surface area contributed by atoms with Crippen molar-refractivity contribution in [2.45, 2.75) is 52.1 Å². The van der Waals surface area contributed by atoms with Gasteiger partial charge in [-0.2, -0.15) is 0 Å². The fraction of sp³-hybridized carbons (Fsp3) is 0.800. The number of nitrogens with one attached hydrogen (secondary N) is 1. The molecule has 3 rings (SSSR count). The van der Waals surface area contributed by atoms with Crippen LogP contribution in [0.3, 0.4) is 0 Å². The second-order valence-corrected chi connectivity index (χ2v) is 6.12. The Balaban J connectivity index is 1.60. The van der Waals surface area contributed by atoms with E-state index in [1.807, 2.05) is 13.8 Å². The molecule has 1 unspecified atom stereocenters. The van der Waals surface area contributed by atoms with Crippen molar-refractivity contribution in [1.29, 1.82) is 0 Å². The molecule has 2 aliphatic rings. The average molecular weight is 263 g/mol. The summed E-state index contributed by atoms with van der Waals surface area (Å²) in [4.78, 5) is 7.12. The number of piperidine rings is 1. The predicted octanol–water partition coefficient (Wildman–Crippen LogP) is 2.26. The highest BCUT2D eigenvalue weighted by Gasteiger charge is 2.31. The summed E-state index contributed by atoms with van der Waals surface area (Å²) in [6, 6.07) is 0.773. The first-order chi connectivity index (χ1) is 9.22. The fourth-order valence-corrected chi connectivity index (χ4v) is 2.97. The molecule has 0 spiro atoms. The smallest absolute Gasteiger partial charge is 0.208 e. The summed E-state index contributed by atoms with van der Waals surface area (Å²) < 4.78 is 5.74. The molecule has 4 heteroatoms. The molecule has 0 amide bonds. The average Bonchev–Trinajstić information content (AvgIpc) is 3.18. The van der Waals surface area contributed by atoms with E-state index >= 15 is 0 Å². The Morgan fingerprint density at radius 2 is 2.16 bits per heavy atom. The summed E-state index contributed by atoms with van der Waals surface area (Å²) in [6.45, 7) is 8.46. The highest BCUT2D eigenvalue weighted by Crippen LogP contribution is 2.30. The molecule has 1 aromatic rings. The molecule has 0 bridgehead atoms. The highest BCUT2D eigenvalue weighted by atomic mass is 16.4. The van der Waals surface area contributed by atoms with Crippen molar-refractivity contribution in [2.24, 2.45) is 5.92 Å². The maximum absolute atomic E-state index is 5.74. The molecular formula is C15H25N3O. The number of rotatable bonds is 5. The van der Waals surface area contributed by atoms with Gasteiger partial charge in [0.15, 0.2) is 0 Å². The third-order valence-corrected chi connectivity index (χ3v) is 4.37. The van der Waals surface area contributed by atoms with Crippen LogP contribution in [0.15, 0.2) is 4.42 Å². The first-order valence-electron chi connectivity index (χ1n) is 7.60. The van der Waals surface area contributed by atoms with Gasteiger partial charge < -0.3 is 9.73 Å². The van der Waals surface area contributed by atoms with Gasteiger partial charge >= 0.3 is 0 Å². The van der Waals surface area contributed by atoms with Gasteiger partial charge in [0.2, 0.25) is 5.89 Å². The van der Waals surface area contributed by atoms with Gasteiger partial charge in [-0.1, -0.05) is 0 Å². The molecule has 106 valence electrons. The zero-order valence-electron chi connectivity index (χ0n) is 12.1.